The maximum Gasteiger partial charge on any atom is 0.105 e. The summed E-state index contributed by atoms with van der Waals surface area (Å²) in [6, 6.07) is 35.7. The van der Waals surface area contributed by atoms with Crippen LogP contribution in [0.2, 0.25) is 0 Å². The van der Waals surface area contributed by atoms with E-state index in [1.165, 1.54) is 0 Å². The number of rotatable bonds is 4. The highest BCUT2D eigenvalue weighted by atomic mass is 16.3. The molecule has 32 heavy (non-hydrogen) atoms. The van der Waals surface area contributed by atoms with Gasteiger partial charge in [-0.1, -0.05) is 109 Å². The van der Waals surface area contributed by atoms with E-state index < -0.39 is 12.2 Å². The van der Waals surface area contributed by atoms with E-state index in [9.17, 15) is 10.2 Å². The first kappa shape index (κ1) is 20.2. The fourth-order valence-electron chi connectivity index (χ4n) is 4.17. The molecule has 2 heteroatoms. The number of hydrogen-bond acceptors (Lipinski definition) is 2. The number of benzene rings is 4. The molecule has 4 aromatic rings. The van der Waals surface area contributed by atoms with E-state index in [1.807, 2.05) is 121 Å². The fraction of sp³-hybridized carbons (Fsp3) is 0.0667. The first-order valence-corrected chi connectivity index (χ1v) is 10.8. The molecule has 156 valence electrons. The Hall–Kier alpha value is -3.72. The topological polar surface area (TPSA) is 40.5 Å². The van der Waals surface area contributed by atoms with Crippen molar-refractivity contribution in [3.05, 3.63) is 143 Å². The highest BCUT2D eigenvalue weighted by Gasteiger charge is 2.19. The number of aliphatic hydroxyl groups is 2. The quantitative estimate of drug-likeness (QED) is 0.396. The average molecular weight is 417 g/mol. The molecule has 2 atom stereocenters. The minimum atomic E-state index is -0.741. The van der Waals surface area contributed by atoms with Crippen LogP contribution in [-0.4, -0.2) is 10.2 Å². The van der Waals surface area contributed by atoms with Crippen LogP contribution in [0.5, 0.6) is 0 Å². The lowest BCUT2D eigenvalue weighted by atomic mass is 9.88. The van der Waals surface area contributed by atoms with Gasteiger partial charge in [-0.25, -0.2) is 0 Å². The Morgan fingerprint density at radius 1 is 0.406 bits per heavy atom. The molecule has 0 heterocycles. The van der Waals surface area contributed by atoms with Crippen LogP contribution in [0.3, 0.4) is 0 Å². The molecule has 2 nitrogen and oxygen atoms in total. The largest absolute Gasteiger partial charge is 0.384 e. The van der Waals surface area contributed by atoms with E-state index >= 15 is 0 Å². The van der Waals surface area contributed by atoms with Gasteiger partial charge in [-0.3, -0.25) is 0 Å². The molecule has 0 aliphatic heterocycles. The molecule has 2 unspecified atom stereocenters. The van der Waals surface area contributed by atoms with Crippen molar-refractivity contribution >= 4 is 23.3 Å². The van der Waals surface area contributed by atoms with Gasteiger partial charge < -0.3 is 10.2 Å². The summed E-state index contributed by atoms with van der Waals surface area (Å²) < 4.78 is 0. The van der Waals surface area contributed by atoms with Gasteiger partial charge in [0, 0.05) is 0 Å². The minimum absolute atomic E-state index is 0.741. The summed E-state index contributed by atoms with van der Waals surface area (Å²) in [4.78, 5) is 0. The molecule has 4 aliphatic rings. The van der Waals surface area contributed by atoms with Gasteiger partial charge in [0.25, 0.3) is 0 Å². The lowest BCUT2D eigenvalue weighted by Crippen LogP contribution is -2.04. The van der Waals surface area contributed by atoms with Crippen molar-refractivity contribution in [3.63, 3.8) is 0 Å². The van der Waals surface area contributed by atoms with Gasteiger partial charge in [0.15, 0.2) is 0 Å². The lowest BCUT2D eigenvalue weighted by Gasteiger charge is -2.20. The van der Waals surface area contributed by atoms with E-state index in [-0.39, 0.29) is 0 Å². The Labute approximate surface area is 188 Å². The second-order valence-electron chi connectivity index (χ2n) is 8.07. The second kappa shape index (κ2) is 8.80. The molecule has 4 aliphatic carbocycles. The molecule has 4 aromatic carbocycles. The van der Waals surface area contributed by atoms with Gasteiger partial charge >= 0.3 is 0 Å². The van der Waals surface area contributed by atoms with Crippen molar-refractivity contribution in [1.82, 2.24) is 0 Å². The number of aliphatic hydroxyl groups excluding tert-OH is 2. The zero-order chi connectivity index (χ0) is 21.9. The second-order valence-corrected chi connectivity index (χ2v) is 8.07. The summed E-state index contributed by atoms with van der Waals surface area (Å²) in [5, 5.41) is 22.4. The Morgan fingerprint density at radius 3 is 1.09 bits per heavy atom. The molecule has 8 rings (SSSR count). The summed E-state index contributed by atoms with van der Waals surface area (Å²) >= 11 is 0. The molecule has 0 saturated heterocycles. The van der Waals surface area contributed by atoms with Crippen LogP contribution in [0.15, 0.2) is 109 Å². The van der Waals surface area contributed by atoms with Gasteiger partial charge in [-0.2, -0.15) is 0 Å². The summed E-state index contributed by atoms with van der Waals surface area (Å²) in [6.45, 7) is 0. The minimum Gasteiger partial charge on any atom is -0.384 e. The zero-order valence-corrected chi connectivity index (χ0v) is 17.6. The molecule has 0 radical (unpaired) electrons. The summed E-state index contributed by atoms with van der Waals surface area (Å²) in [7, 11) is 0. The predicted octanol–water partition coefficient (Wildman–Crippen LogP) is 6.55. The van der Waals surface area contributed by atoms with Crippen LogP contribution in [0.4, 0.5) is 0 Å². The van der Waals surface area contributed by atoms with Crippen LogP contribution in [0.1, 0.15) is 45.6 Å². The zero-order valence-electron chi connectivity index (χ0n) is 17.6. The first-order valence-electron chi connectivity index (χ1n) is 10.8. The van der Waals surface area contributed by atoms with Crippen LogP contribution in [0, 0.1) is 0 Å². The predicted molar refractivity (Wildman–Crippen MR) is 131 cm³/mol. The Morgan fingerprint density at radius 2 is 0.750 bits per heavy atom. The van der Waals surface area contributed by atoms with Crippen molar-refractivity contribution < 1.29 is 10.2 Å². The highest BCUT2D eigenvalue weighted by Crippen LogP contribution is 2.36. The van der Waals surface area contributed by atoms with E-state index in [0.717, 1.165) is 44.5 Å². The summed E-state index contributed by atoms with van der Waals surface area (Å²) in [5.41, 5.74) is 7.31. The van der Waals surface area contributed by atoms with Gasteiger partial charge in [0.2, 0.25) is 0 Å². The third kappa shape index (κ3) is 4.06. The van der Waals surface area contributed by atoms with Gasteiger partial charge in [-0.05, 0) is 56.7 Å². The van der Waals surface area contributed by atoms with Crippen molar-refractivity contribution in [2.45, 2.75) is 12.2 Å². The normalized spacial score (nSPS) is 17.9. The molecule has 4 bridgehead atoms. The average Bonchev–Trinajstić information content (AvgIpc) is 2.86. The smallest absolute Gasteiger partial charge is 0.105 e. The molecule has 0 aromatic heterocycles. The molecule has 2 N–H and O–H groups in total. The van der Waals surface area contributed by atoms with Crippen LogP contribution < -0.4 is 0 Å². The van der Waals surface area contributed by atoms with E-state index in [4.69, 9.17) is 0 Å². The van der Waals surface area contributed by atoms with Crippen LogP contribution in [-0.2, 0) is 0 Å². The summed E-state index contributed by atoms with van der Waals surface area (Å²) in [6.07, 6.45) is 2.60. The molecular formula is C30H24O2. The molecule has 0 spiro atoms. The fourth-order valence-corrected chi connectivity index (χ4v) is 4.17. The lowest BCUT2D eigenvalue weighted by molar-refractivity contribution is 0.238. The maximum absolute atomic E-state index is 11.2. The molecule has 0 amide bonds. The molecule has 0 fully saturated rings. The Balaban J connectivity index is 1.64. The summed E-state index contributed by atoms with van der Waals surface area (Å²) in [5.74, 6) is 0. The standard InChI is InChI=1S/C30H24O2/c31-29(25-7-3-1-4-8-25)27-19-21-11-13-22(14-12-21)20-28(24-17-15-23(27)16-18-24)30(32)26-9-5-2-6-10-26/h1-20,29-32H/b21-19?,22-20?,27-19+,27-23?,28-20+,28-24?. The van der Waals surface area contributed by atoms with E-state index in [1.54, 1.807) is 0 Å². The SMILES string of the molecule is OC(/C1=C/c2ccc(cc2)/C=C(/C(O)c2ccccc2)c2ccc1cc2)c1ccccc1. The highest BCUT2D eigenvalue weighted by molar-refractivity contribution is 5.89. The van der Waals surface area contributed by atoms with Crippen molar-refractivity contribution in [2.24, 2.45) is 0 Å². The third-order valence-electron chi connectivity index (χ3n) is 5.95. The van der Waals surface area contributed by atoms with E-state index in [2.05, 4.69) is 0 Å². The molecular weight excluding hydrogens is 392 g/mol. The van der Waals surface area contributed by atoms with Gasteiger partial charge in [0.05, 0.1) is 0 Å². The number of hydrogen-bond donors (Lipinski definition) is 2. The third-order valence-corrected chi connectivity index (χ3v) is 5.95. The Kier molecular flexibility index (Phi) is 5.55. The van der Waals surface area contributed by atoms with Gasteiger partial charge in [0.1, 0.15) is 12.2 Å². The van der Waals surface area contributed by atoms with Crippen molar-refractivity contribution in [2.75, 3.05) is 0 Å². The van der Waals surface area contributed by atoms with Crippen LogP contribution >= 0.6 is 0 Å². The van der Waals surface area contributed by atoms with Crippen molar-refractivity contribution in [3.8, 4) is 0 Å². The monoisotopic (exact) mass is 416 g/mol. The first-order chi connectivity index (χ1) is 15.7. The van der Waals surface area contributed by atoms with Crippen LogP contribution in [0.25, 0.3) is 23.3 Å². The van der Waals surface area contributed by atoms with Gasteiger partial charge in [-0.15, -0.1) is 0 Å². The Bertz CT molecular complexity index is 1150. The molecule has 0 saturated carbocycles. The van der Waals surface area contributed by atoms with E-state index in [0.29, 0.717) is 0 Å². The van der Waals surface area contributed by atoms with Crippen molar-refractivity contribution in [1.29, 1.82) is 0 Å². The maximum atomic E-state index is 11.2.